The van der Waals surface area contributed by atoms with Crippen LogP contribution in [0.1, 0.15) is 24.2 Å². The lowest BCUT2D eigenvalue weighted by Gasteiger charge is -2.42. The van der Waals surface area contributed by atoms with Gasteiger partial charge in [0.05, 0.1) is 0 Å². The predicted octanol–water partition coefficient (Wildman–Crippen LogP) is 2.46. The molecule has 0 aromatic heterocycles. The summed E-state index contributed by atoms with van der Waals surface area (Å²) in [6.45, 7) is 5.96. The molecule has 0 bridgehead atoms. The molecule has 1 aliphatic heterocycles. The van der Waals surface area contributed by atoms with Crippen molar-refractivity contribution in [3.8, 4) is 0 Å². The number of benzene rings is 1. The highest BCUT2D eigenvalue weighted by Gasteiger charge is 2.29. The molecule has 0 radical (unpaired) electrons. The molecule has 1 amide bonds. The van der Waals surface area contributed by atoms with Crippen molar-refractivity contribution in [2.24, 2.45) is 0 Å². The number of carbonyl (C=O) groups excluding carboxylic acids is 1. The van der Waals surface area contributed by atoms with Gasteiger partial charge < -0.3 is 4.90 Å². The molecule has 2 unspecified atom stereocenters. The van der Waals surface area contributed by atoms with Gasteiger partial charge in [-0.05, 0) is 67.8 Å². The van der Waals surface area contributed by atoms with E-state index in [0.717, 1.165) is 22.2 Å². The van der Waals surface area contributed by atoms with Gasteiger partial charge in [-0.1, -0.05) is 0 Å². The van der Waals surface area contributed by atoms with Crippen molar-refractivity contribution < 1.29 is 4.79 Å². The van der Waals surface area contributed by atoms with Crippen LogP contribution in [0.15, 0.2) is 24.3 Å². The molecule has 98 valence electrons. The van der Waals surface area contributed by atoms with E-state index in [1.54, 1.807) is 0 Å². The third-order valence-corrected chi connectivity index (χ3v) is 4.46. The third-order valence-electron chi connectivity index (χ3n) is 3.74. The zero-order valence-corrected chi connectivity index (χ0v) is 13.2. The average Bonchev–Trinajstić information content (AvgIpc) is 2.35. The predicted molar refractivity (Wildman–Crippen MR) is 81.7 cm³/mol. The first-order valence-corrected chi connectivity index (χ1v) is 7.33. The maximum absolute atomic E-state index is 12.4. The summed E-state index contributed by atoms with van der Waals surface area (Å²) in [4.78, 5) is 16.7. The Kier molecular flexibility index (Phi) is 4.27. The minimum atomic E-state index is 0.151. The number of likely N-dealkylation sites (N-methyl/N-ethyl adjacent to an activating group) is 1. The van der Waals surface area contributed by atoms with Crippen LogP contribution in [0, 0.1) is 3.57 Å². The number of hydrogen-bond acceptors (Lipinski definition) is 2. The molecule has 2 rings (SSSR count). The molecule has 1 aliphatic rings. The molecule has 1 aromatic rings. The number of halogens is 1. The van der Waals surface area contributed by atoms with Crippen LogP contribution >= 0.6 is 22.6 Å². The highest BCUT2D eigenvalue weighted by Crippen LogP contribution is 2.16. The fourth-order valence-electron chi connectivity index (χ4n) is 2.35. The van der Waals surface area contributed by atoms with E-state index in [2.05, 4.69) is 48.4 Å². The lowest BCUT2D eigenvalue weighted by atomic mass is 10.1. The smallest absolute Gasteiger partial charge is 0.253 e. The summed E-state index contributed by atoms with van der Waals surface area (Å²) >= 11 is 2.25. The number of rotatable bonds is 1. The van der Waals surface area contributed by atoms with Crippen LogP contribution in [-0.4, -0.2) is 47.9 Å². The monoisotopic (exact) mass is 358 g/mol. The Hall–Kier alpha value is -0.620. The van der Waals surface area contributed by atoms with Crippen molar-refractivity contribution in [3.63, 3.8) is 0 Å². The van der Waals surface area contributed by atoms with Crippen molar-refractivity contribution in [1.82, 2.24) is 9.80 Å². The van der Waals surface area contributed by atoms with E-state index in [1.807, 2.05) is 29.2 Å². The normalized spacial score (nSPS) is 25.2. The van der Waals surface area contributed by atoms with Gasteiger partial charge in [0.2, 0.25) is 0 Å². The van der Waals surface area contributed by atoms with E-state index >= 15 is 0 Å². The van der Waals surface area contributed by atoms with E-state index in [1.165, 1.54) is 0 Å². The van der Waals surface area contributed by atoms with Crippen LogP contribution in [0.2, 0.25) is 0 Å². The summed E-state index contributed by atoms with van der Waals surface area (Å²) in [5, 5.41) is 0. The van der Waals surface area contributed by atoms with Crippen LogP contribution in [0.5, 0.6) is 0 Å². The van der Waals surface area contributed by atoms with Crippen LogP contribution in [0.25, 0.3) is 0 Å². The number of piperazine rings is 1. The summed E-state index contributed by atoms with van der Waals surface area (Å²) in [5.74, 6) is 0.151. The number of hydrogen-bond donors (Lipinski definition) is 0. The molecule has 1 fully saturated rings. The molecule has 0 N–H and O–H groups in total. The summed E-state index contributed by atoms with van der Waals surface area (Å²) in [6.07, 6.45) is 0. The largest absolute Gasteiger partial charge is 0.336 e. The second-order valence-corrected chi connectivity index (χ2v) is 6.33. The Balaban J connectivity index is 2.12. The Labute approximate surface area is 122 Å². The first kappa shape index (κ1) is 13.8. The van der Waals surface area contributed by atoms with E-state index in [4.69, 9.17) is 0 Å². The van der Waals surface area contributed by atoms with Crippen molar-refractivity contribution >= 4 is 28.5 Å². The van der Waals surface area contributed by atoms with Crippen molar-refractivity contribution in [2.45, 2.75) is 25.9 Å². The number of carbonyl (C=O) groups is 1. The van der Waals surface area contributed by atoms with Gasteiger partial charge in [-0.2, -0.15) is 0 Å². The topological polar surface area (TPSA) is 23.6 Å². The standard InChI is InChI=1S/C14H19IN2O/c1-10-8-17(9-11(2)16(10)3)14(18)12-4-6-13(15)7-5-12/h4-7,10-11H,8-9H2,1-3H3. The quantitative estimate of drug-likeness (QED) is 0.720. The minimum absolute atomic E-state index is 0.151. The average molecular weight is 358 g/mol. The van der Waals surface area contributed by atoms with Crippen molar-refractivity contribution in [2.75, 3.05) is 20.1 Å². The Morgan fingerprint density at radius 2 is 1.67 bits per heavy atom. The summed E-state index contributed by atoms with van der Waals surface area (Å²) < 4.78 is 1.16. The highest BCUT2D eigenvalue weighted by molar-refractivity contribution is 14.1. The first-order chi connectivity index (χ1) is 8.49. The van der Waals surface area contributed by atoms with Gasteiger partial charge in [0.1, 0.15) is 0 Å². The van der Waals surface area contributed by atoms with Crippen LogP contribution in [0.3, 0.4) is 0 Å². The molecule has 0 saturated carbocycles. The number of nitrogens with zero attached hydrogens (tertiary/aromatic N) is 2. The second kappa shape index (κ2) is 5.57. The van der Waals surface area contributed by atoms with Crippen molar-refractivity contribution in [1.29, 1.82) is 0 Å². The lowest BCUT2D eigenvalue weighted by molar-refractivity contribution is 0.0414. The summed E-state index contributed by atoms with van der Waals surface area (Å²) in [7, 11) is 2.13. The van der Waals surface area contributed by atoms with Crippen LogP contribution in [-0.2, 0) is 0 Å². The van der Waals surface area contributed by atoms with Gasteiger partial charge in [0, 0.05) is 34.3 Å². The molecule has 4 heteroatoms. The molecule has 2 atom stereocenters. The highest BCUT2D eigenvalue weighted by atomic mass is 127. The minimum Gasteiger partial charge on any atom is -0.336 e. The molecular weight excluding hydrogens is 339 g/mol. The molecular formula is C14H19IN2O. The molecule has 1 heterocycles. The van der Waals surface area contributed by atoms with E-state index in [-0.39, 0.29) is 5.91 Å². The van der Waals surface area contributed by atoms with Gasteiger partial charge >= 0.3 is 0 Å². The molecule has 1 saturated heterocycles. The summed E-state index contributed by atoms with van der Waals surface area (Å²) in [6, 6.07) is 8.63. The molecule has 0 aliphatic carbocycles. The van der Waals surface area contributed by atoms with Gasteiger partial charge in [-0.25, -0.2) is 0 Å². The second-order valence-electron chi connectivity index (χ2n) is 5.08. The molecule has 1 aromatic carbocycles. The van der Waals surface area contributed by atoms with E-state index < -0.39 is 0 Å². The fourth-order valence-corrected chi connectivity index (χ4v) is 2.70. The number of amides is 1. The maximum atomic E-state index is 12.4. The Morgan fingerprint density at radius 1 is 1.17 bits per heavy atom. The van der Waals surface area contributed by atoms with Gasteiger partial charge in [-0.15, -0.1) is 0 Å². The fraction of sp³-hybridized carbons (Fsp3) is 0.500. The molecule has 0 spiro atoms. The van der Waals surface area contributed by atoms with Gasteiger partial charge in [0.25, 0.3) is 5.91 Å². The van der Waals surface area contributed by atoms with Crippen LogP contribution < -0.4 is 0 Å². The van der Waals surface area contributed by atoms with Crippen LogP contribution in [0.4, 0.5) is 0 Å². The molecule has 18 heavy (non-hydrogen) atoms. The van der Waals surface area contributed by atoms with E-state index in [0.29, 0.717) is 12.1 Å². The zero-order chi connectivity index (χ0) is 13.3. The summed E-state index contributed by atoms with van der Waals surface area (Å²) in [5.41, 5.74) is 0.791. The Morgan fingerprint density at radius 3 is 2.17 bits per heavy atom. The van der Waals surface area contributed by atoms with Crippen molar-refractivity contribution in [3.05, 3.63) is 33.4 Å². The zero-order valence-electron chi connectivity index (χ0n) is 11.1. The first-order valence-electron chi connectivity index (χ1n) is 6.26. The Bertz CT molecular complexity index is 420. The third kappa shape index (κ3) is 2.85. The molecule has 3 nitrogen and oxygen atoms in total. The van der Waals surface area contributed by atoms with Gasteiger partial charge in [-0.3, -0.25) is 9.69 Å². The van der Waals surface area contributed by atoms with Gasteiger partial charge in [0.15, 0.2) is 0 Å². The SMILES string of the molecule is CC1CN(C(=O)c2ccc(I)cc2)CC(C)N1C. The lowest BCUT2D eigenvalue weighted by Crippen LogP contribution is -2.56. The van der Waals surface area contributed by atoms with E-state index in [9.17, 15) is 4.79 Å². The maximum Gasteiger partial charge on any atom is 0.253 e.